The standard InChI is InChI=1S/C19H22F3N3O2S/c1-11-14-16(23-13-7-3-2-4-9-25(13)17(14)26)28-15(11)18(27)24-8-5-6-12(10-24)19(20,21)22/h12H,2-10H2,1H3. The Kier molecular flexibility index (Phi) is 4.97. The lowest BCUT2D eigenvalue weighted by Gasteiger charge is -2.33. The number of hydrogen-bond donors (Lipinski definition) is 0. The van der Waals surface area contributed by atoms with E-state index in [-0.39, 0.29) is 18.5 Å². The van der Waals surface area contributed by atoms with E-state index in [1.54, 1.807) is 11.5 Å². The van der Waals surface area contributed by atoms with Crippen LogP contribution in [0.2, 0.25) is 0 Å². The van der Waals surface area contributed by atoms with Gasteiger partial charge in [-0.3, -0.25) is 14.2 Å². The van der Waals surface area contributed by atoms with Crippen LogP contribution in [0.15, 0.2) is 4.79 Å². The van der Waals surface area contributed by atoms with E-state index in [1.807, 2.05) is 0 Å². The molecule has 0 aromatic carbocycles. The van der Waals surface area contributed by atoms with Crippen LogP contribution in [0.4, 0.5) is 13.2 Å². The van der Waals surface area contributed by atoms with Crippen molar-refractivity contribution in [2.75, 3.05) is 13.1 Å². The summed E-state index contributed by atoms with van der Waals surface area (Å²) in [4.78, 5) is 32.7. The van der Waals surface area contributed by atoms with Crippen molar-refractivity contribution in [3.05, 3.63) is 26.6 Å². The average Bonchev–Trinajstić information content (AvgIpc) is 2.82. The first kappa shape index (κ1) is 19.4. The quantitative estimate of drug-likeness (QED) is 0.712. The van der Waals surface area contributed by atoms with Crippen molar-refractivity contribution >= 4 is 27.5 Å². The summed E-state index contributed by atoms with van der Waals surface area (Å²) in [5.41, 5.74) is 0.401. The van der Waals surface area contributed by atoms with E-state index in [2.05, 4.69) is 4.98 Å². The lowest BCUT2D eigenvalue weighted by Crippen LogP contribution is -2.44. The summed E-state index contributed by atoms with van der Waals surface area (Å²) in [7, 11) is 0. The second-order valence-electron chi connectivity index (χ2n) is 7.66. The number of aryl methyl sites for hydroxylation is 2. The van der Waals surface area contributed by atoms with Crippen LogP contribution in [0.25, 0.3) is 10.2 Å². The molecule has 0 spiro atoms. The number of nitrogens with zero attached hydrogens (tertiary/aromatic N) is 3. The predicted octanol–water partition coefficient (Wildman–Crippen LogP) is 3.91. The number of piperidine rings is 1. The molecule has 2 aliphatic heterocycles. The van der Waals surface area contributed by atoms with Gasteiger partial charge in [-0.05, 0) is 38.2 Å². The van der Waals surface area contributed by atoms with Crippen LogP contribution in [0.1, 0.15) is 53.2 Å². The van der Waals surface area contributed by atoms with Crippen molar-refractivity contribution in [3.8, 4) is 0 Å². The van der Waals surface area contributed by atoms with Gasteiger partial charge in [0.05, 0.1) is 16.2 Å². The van der Waals surface area contributed by atoms with Crippen molar-refractivity contribution in [1.82, 2.24) is 14.5 Å². The molecule has 2 aliphatic rings. The van der Waals surface area contributed by atoms with Gasteiger partial charge in [-0.25, -0.2) is 4.98 Å². The fraction of sp³-hybridized carbons (Fsp3) is 0.632. The average molecular weight is 413 g/mol. The number of hydrogen-bond acceptors (Lipinski definition) is 4. The van der Waals surface area contributed by atoms with Crippen LogP contribution >= 0.6 is 11.3 Å². The van der Waals surface area contributed by atoms with Crippen LogP contribution in [-0.4, -0.2) is 39.6 Å². The van der Waals surface area contributed by atoms with Crippen molar-refractivity contribution in [1.29, 1.82) is 0 Å². The van der Waals surface area contributed by atoms with Gasteiger partial charge in [0, 0.05) is 26.1 Å². The van der Waals surface area contributed by atoms with Gasteiger partial charge in [0.15, 0.2) is 0 Å². The molecule has 28 heavy (non-hydrogen) atoms. The molecule has 152 valence electrons. The second kappa shape index (κ2) is 7.17. The summed E-state index contributed by atoms with van der Waals surface area (Å²) in [5.74, 6) is -1.17. The number of carbonyl (C=O) groups is 1. The third kappa shape index (κ3) is 3.33. The number of likely N-dealkylation sites (tertiary alicyclic amines) is 1. The number of fused-ring (bicyclic) bond motifs is 2. The predicted molar refractivity (Wildman–Crippen MR) is 101 cm³/mol. The van der Waals surface area contributed by atoms with Gasteiger partial charge in [0.2, 0.25) is 0 Å². The van der Waals surface area contributed by atoms with Crippen molar-refractivity contribution in [2.45, 2.75) is 58.2 Å². The van der Waals surface area contributed by atoms with E-state index >= 15 is 0 Å². The number of carbonyl (C=O) groups excluding carboxylic acids is 1. The molecule has 0 saturated carbocycles. The number of amides is 1. The minimum atomic E-state index is -4.30. The van der Waals surface area contributed by atoms with E-state index < -0.39 is 18.0 Å². The molecule has 4 heterocycles. The lowest BCUT2D eigenvalue weighted by molar-refractivity contribution is -0.184. The molecule has 5 nitrogen and oxygen atoms in total. The molecular formula is C19H22F3N3O2S. The maximum atomic E-state index is 13.1. The van der Waals surface area contributed by atoms with Crippen molar-refractivity contribution in [3.63, 3.8) is 0 Å². The fourth-order valence-corrected chi connectivity index (χ4v) is 5.34. The number of rotatable bonds is 1. The molecule has 4 rings (SSSR count). The van der Waals surface area contributed by atoms with Crippen LogP contribution in [0.3, 0.4) is 0 Å². The van der Waals surface area contributed by atoms with Crippen LogP contribution < -0.4 is 5.56 Å². The molecule has 0 bridgehead atoms. The Morgan fingerprint density at radius 1 is 1.18 bits per heavy atom. The van der Waals surface area contributed by atoms with E-state index in [9.17, 15) is 22.8 Å². The van der Waals surface area contributed by atoms with Gasteiger partial charge in [0.25, 0.3) is 11.5 Å². The number of alkyl halides is 3. The van der Waals surface area contributed by atoms with Crippen molar-refractivity contribution < 1.29 is 18.0 Å². The minimum absolute atomic E-state index is 0.0499. The van der Waals surface area contributed by atoms with Crippen molar-refractivity contribution in [2.24, 2.45) is 5.92 Å². The molecule has 0 N–H and O–H groups in total. The number of aromatic nitrogens is 2. The van der Waals surface area contributed by atoms with Crippen LogP contribution in [0, 0.1) is 12.8 Å². The summed E-state index contributed by atoms with van der Waals surface area (Å²) < 4.78 is 41.0. The summed E-state index contributed by atoms with van der Waals surface area (Å²) in [6.07, 6.45) is -0.253. The maximum absolute atomic E-state index is 13.1. The molecule has 1 atom stereocenters. The molecule has 1 fully saturated rings. The van der Waals surface area contributed by atoms with E-state index in [0.29, 0.717) is 40.2 Å². The van der Waals surface area contributed by atoms with E-state index in [0.717, 1.165) is 42.8 Å². The van der Waals surface area contributed by atoms with E-state index in [4.69, 9.17) is 0 Å². The van der Waals surface area contributed by atoms with Gasteiger partial charge in [0.1, 0.15) is 10.7 Å². The van der Waals surface area contributed by atoms with Crippen LogP contribution in [-0.2, 0) is 13.0 Å². The Balaban J connectivity index is 1.71. The highest BCUT2D eigenvalue weighted by molar-refractivity contribution is 7.20. The first-order valence-electron chi connectivity index (χ1n) is 9.66. The minimum Gasteiger partial charge on any atom is -0.337 e. The number of thiophene rings is 1. The highest BCUT2D eigenvalue weighted by Gasteiger charge is 2.43. The molecule has 0 radical (unpaired) electrons. The Morgan fingerprint density at radius 3 is 2.71 bits per heavy atom. The van der Waals surface area contributed by atoms with Crippen LogP contribution in [0.5, 0.6) is 0 Å². The third-order valence-corrected chi connectivity index (χ3v) is 6.95. The maximum Gasteiger partial charge on any atom is 0.393 e. The highest BCUT2D eigenvalue weighted by Crippen LogP contribution is 2.35. The Labute approximate surface area is 164 Å². The summed E-state index contributed by atoms with van der Waals surface area (Å²) in [6, 6.07) is 0. The Hall–Kier alpha value is -1.90. The first-order valence-corrected chi connectivity index (χ1v) is 10.5. The zero-order valence-corrected chi connectivity index (χ0v) is 16.5. The third-order valence-electron chi connectivity index (χ3n) is 5.78. The second-order valence-corrected chi connectivity index (χ2v) is 8.66. The summed E-state index contributed by atoms with van der Waals surface area (Å²) in [5, 5.41) is 0.434. The van der Waals surface area contributed by atoms with Gasteiger partial charge < -0.3 is 4.90 Å². The van der Waals surface area contributed by atoms with Gasteiger partial charge in [-0.2, -0.15) is 13.2 Å². The SMILES string of the molecule is Cc1c(C(=O)N2CCCC(C(F)(F)F)C2)sc2nc3n(c(=O)c12)CCCCC3. The van der Waals surface area contributed by atoms with E-state index in [1.165, 1.54) is 4.90 Å². The molecule has 1 saturated heterocycles. The molecule has 1 unspecified atom stereocenters. The molecule has 2 aromatic rings. The smallest absolute Gasteiger partial charge is 0.337 e. The largest absolute Gasteiger partial charge is 0.393 e. The zero-order valence-electron chi connectivity index (χ0n) is 15.6. The fourth-order valence-electron chi connectivity index (χ4n) is 4.19. The molecule has 2 aromatic heterocycles. The van der Waals surface area contributed by atoms with Gasteiger partial charge in [-0.15, -0.1) is 11.3 Å². The first-order chi connectivity index (χ1) is 13.3. The molecule has 9 heteroatoms. The zero-order chi connectivity index (χ0) is 20.1. The Morgan fingerprint density at radius 2 is 1.96 bits per heavy atom. The summed E-state index contributed by atoms with van der Waals surface area (Å²) >= 11 is 1.13. The highest BCUT2D eigenvalue weighted by atomic mass is 32.1. The monoisotopic (exact) mass is 413 g/mol. The molecule has 1 amide bonds. The topological polar surface area (TPSA) is 55.2 Å². The van der Waals surface area contributed by atoms with Gasteiger partial charge in [-0.1, -0.05) is 6.42 Å². The summed E-state index contributed by atoms with van der Waals surface area (Å²) in [6.45, 7) is 2.31. The van der Waals surface area contributed by atoms with Gasteiger partial charge >= 0.3 is 6.18 Å². The normalized spacial score (nSPS) is 20.9. The molecular weight excluding hydrogens is 391 g/mol. The lowest BCUT2D eigenvalue weighted by atomic mass is 9.97. The molecule has 0 aliphatic carbocycles. The Bertz CT molecular complexity index is 979. The number of halogens is 3.